The smallest absolute Gasteiger partial charge is 0.159 e. The summed E-state index contributed by atoms with van der Waals surface area (Å²) in [5, 5.41) is 10.0. The van der Waals surface area contributed by atoms with Gasteiger partial charge in [-0.2, -0.15) is 0 Å². The topological polar surface area (TPSA) is 43.8 Å². The predicted molar refractivity (Wildman–Crippen MR) is 86.8 cm³/mol. The molecule has 0 heterocycles. The third-order valence-electron chi connectivity index (χ3n) is 3.37. The van der Waals surface area contributed by atoms with Gasteiger partial charge in [-0.05, 0) is 45.1 Å². The van der Waals surface area contributed by atoms with E-state index in [-0.39, 0.29) is 11.5 Å². The molecule has 118 valence electrons. The molecule has 0 aliphatic carbocycles. The van der Waals surface area contributed by atoms with Crippen LogP contribution in [0.2, 0.25) is 0 Å². The van der Waals surface area contributed by atoms with E-state index >= 15 is 0 Å². The van der Waals surface area contributed by atoms with Crippen molar-refractivity contribution in [1.82, 2.24) is 9.80 Å². The fourth-order valence-corrected chi connectivity index (χ4v) is 2.26. The van der Waals surface area contributed by atoms with Gasteiger partial charge in [0.15, 0.2) is 5.78 Å². The predicted octanol–water partition coefficient (Wildman–Crippen LogP) is 2.61. The van der Waals surface area contributed by atoms with E-state index in [2.05, 4.69) is 37.7 Å². The molecule has 21 heavy (non-hydrogen) atoms. The van der Waals surface area contributed by atoms with Crippen molar-refractivity contribution in [3.05, 3.63) is 29.3 Å². The van der Waals surface area contributed by atoms with Crippen molar-refractivity contribution in [1.29, 1.82) is 0 Å². The van der Waals surface area contributed by atoms with Gasteiger partial charge in [0.1, 0.15) is 5.75 Å². The molecule has 0 radical (unpaired) electrons. The number of phenols is 1. The van der Waals surface area contributed by atoms with Gasteiger partial charge in [0.25, 0.3) is 0 Å². The fourth-order valence-electron chi connectivity index (χ4n) is 2.26. The Morgan fingerprint density at radius 2 is 1.90 bits per heavy atom. The standard InChI is InChI=1S/C17H28N2O2/c1-13(2)11-19(9-8-18(4)5)12-16-10-15(14(3)20)6-7-17(16)21/h6-7,10,13,21H,8-9,11-12H2,1-5H3. The first-order valence-corrected chi connectivity index (χ1v) is 7.49. The van der Waals surface area contributed by atoms with Gasteiger partial charge >= 0.3 is 0 Å². The molecule has 0 aliphatic rings. The van der Waals surface area contributed by atoms with Gasteiger partial charge in [-0.25, -0.2) is 0 Å². The summed E-state index contributed by atoms with van der Waals surface area (Å²) >= 11 is 0. The van der Waals surface area contributed by atoms with Gasteiger partial charge in [-0.3, -0.25) is 9.69 Å². The largest absolute Gasteiger partial charge is 0.508 e. The first-order chi connectivity index (χ1) is 9.79. The molecule has 0 saturated heterocycles. The molecule has 0 amide bonds. The number of Topliss-reactive ketones (excluding diaryl/α,β-unsaturated/α-hetero) is 1. The highest BCUT2D eigenvalue weighted by atomic mass is 16.3. The lowest BCUT2D eigenvalue weighted by molar-refractivity contribution is 0.101. The molecule has 0 aromatic heterocycles. The Labute approximate surface area is 128 Å². The molecule has 4 heteroatoms. The lowest BCUT2D eigenvalue weighted by atomic mass is 10.1. The quantitative estimate of drug-likeness (QED) is 0.748. The number of phenolic OH excluding ortho intramolecular Hbond substituents is 1. The first-order valence-electron chi connectivity index (χ1n) is 7.49. The number of hydrogen-bond acceptors (Lipinski definition) is 4. The number of ketones is 1. The zero-order valence-corrected chi connectivity index (χ0v) is 13.9. The Balaban J connectivity index is 2.85. The van der Waals surface area contributed by atoms with Gasteiger partial charge in [-0.15, -0.1) is 0 Å². The molecule has 1 aromatic carbocycles. The number of hydrogen-bond donors (Lipinski definition) is 1. The van der Waals surface area contributed by atoms with E-state index in [1.54, 1.807) is 25.1 Å². The van der Waals surface area contributed by atoms with Gasteiger partial charge in [0.2, 0.25) is 0 Å². The average Bonchev–Trinajstić information content (AvgIpc) is 2.37. The summed E-state index contributed by atoms with van der Waals surface area (Å²) in [6.07, 6.45) is 0. The van der Waals surface area contributed by atoms with Crippen LogP contribution in [0.3, 0.4) is 0 Å². The van der Waals surface area contributed by atoms with E-state index in [1.165, 1.54) is 0 Å². The Morgan fingerprint density at radius 3 is 2.43 bits per heavy atom. The number of aromatic hydroxyl groups is 1. The maximum absolute atomic E-state index is 11.5. The molecule has 0 saturated carbocycles. The first kappa shape index (κ1) is 17.7. The van der Waals surface area contributed by atoms with Crippen LogP contribution in [0.1, 0.15) is 36.7 Å². The minimum atomic E-state index is 0.0277. The zero-order valence-electron chi connectivity index (χ0n) is 13.9. The van der Waals surface area contributed by atoms with Crippen LogP contribution in [0.4, 0.5) is 0 Å². The number of rotatable bonds is 8. The Morgan fingerprint density at radius 1 is 1.24 bits per heavy atom. The van der Waals surface area contributed by atoms with Gasteiger partial charge < -0.3 is 10.0 Å². The van der Waals surface area contributed by atoms with Crippen LogP contribution in [0.5, 0.6) is 5.75 Å². The van der Waals surface area contributed by atoms with Gasteiger partial charge in [0, 0.05) is 37.3 Å². The summed E-state index contributed by atoms with van der Waals surface area (Å²) in [4.78, 5) is 16.0. The van der Waals surface area contributed by atoms with E-state index in [0.29, 0.717) is 18.0 Å². The molecule has 1 aromatic rings. The molecular weight excluding hydrogens is 264 g/mol. The van der Waals surface area contributed by atoms with Crippen LogP contribution < -0.4 is 0 Å². The highest BCUT2D eigenvalue weighted by Crippen LogP contribution is 2.21. The van der Waals surface area contributed by atoms with Crippen molar-refractivity contribution >= 4 is 5.78 Å². The number of benzene rings is 1. The van der Waals surface area contributed by atoms with Crippen molar-refractivity contribution in [3.63, 3.8) is 0 Å². The highest BCUT2D eigenvalue weighted by molar-refractivity contribution is 5.94. The van der Waals surface area contributed by atoms with Crippen molar-refractivity contribution in [2.45, 2.75) is 27.3 Å². The molecule has 0 fully saturated rings. The second-order valence-electron chi connectivity index (χ2n) is 6.33. The summed E-state index contributed by atoms with van der Waals surface area (Å²) < 4.78 is 0. The molecule has 0 aliphatic heterocycles. The summed E-state index contributed by atoms with van der Waals surface area (Å²) in [7, 11) is 4.11. The van der Waals surface area contributed by atoms with Crippen molar-refractivity contribution in [2.24, 2.45) is 5.92 Å². The van der Waals surface area contributed by atoms with Crippen LogP contribution in [-0.4, -0.2) is 54.4 Å². The average molecular weight is 292 g/mol. The number of carbonyl (C=O) groups is 1. The van der Waals surface area contributed by atoms with Crippen molar-refractivity contribution in [2.75, 3.05) is 33.7 Å². The zero-order chi connectivity index (χ0) is 16.0. The minimum Gasteiger partial charge on any atom is -0.508 e. The monoisotopic (exact) mass is 292 g/mol. The Kier molecular flexibility index (Phi) is 6.85. The maximum atomic E-state index is 11.5. The van der Waals surface area contributed by atoms with Crippen LogP contribution in [0.15, 0.2) is 18.2 Å². The third-order valence-corrected chi connectivity index (χ3v) is 3.37. The van der Waals surface area contributed by atoms with E-state index in [0.717, 1.165) is 25.2 Å². The van der Waals surface area contributed by atoms with Crippen molar-refractivity contribution < 1.29 is 9.90 Å². The third kappa shape index (κ3) is 6.27. The molecule has 0 spiro atoms. The second kappa shape index (κ2) is 8.15. The van der Waals surface area contributed by atoms with E-state index in [9.17, 15) is 9.90 Å². The molecule has 4 nitrogen and oxygen atoms in total. The lowest BCUT2D eigenvalue weighted by Gasteiger charge is -2.26. The molecule has 1 N–H and O–H groups in total. The fraction of sp³-hybridized carbons (Fsp3) is 0.588. The molecule has 0 bridgehead atoms. The van der Waals surface area contributed by atoms with E-state index in [1.807, 2.05) is 0 Å². The Bertz CT molecular complexity index is 470. The highest BCUT2D eigenvalue weighted by Gasteiger charge is 2.12. The number of likely N-dealkylation sites (N-methyl/N-ethyl adjacent to an activating group) is 1. The normalized spacial score (nSPS) is 11.6. The van der Waals surface area contributed by atoms with Crippen LogP contribution in [0.25, 0.3) is 0 Å². The van der Waals surface area contributed by atoms with Gasteiger partial charge in [0.05, 0.1) is 0 Å². The number of nitrogens with zero attached hydrogens (tertiary/aromatic N) is 2. The molecular formula is C17H28N2O2. The van der Waals surface area contributed by atoms with E-state index < -0.39 is 0 Å². The maximum Gasteiger partial charge on any atom is 0.159 e. The van der Waals surface area contributed by atoms with Crippen molar-refractivity contribution in [3.8, 4) is 5.75 Å². The Hall–Kier alpha value is -1.39. The molecule has 0 atom stereocenters. The summed E-state index contributed by atoms with van der Waals surface area (Å²) in [6.45, 7) is 9.47. The second-order valence-corrected chi connectivity index (χ2v) is 6.33. The molecule has 1 rings (SSSR count). The molecule has 0 unspecified atom stereocenters. The van der Waals surface area contributed by atoms with Crippen LogP contribution >= 0.6 is 0 Å². The van der Waals surface area contributed by atoms with Crippen LogP contribution in [0, 0.1) is 5.92 Å². The SMILES string of the molecule is CC(=O)c1ccc(O)c(CN(CCN(C)C)CC(C)C)c1. The number of carbonyl (C=O) groups excluding carboxylic acids is 1. The van der Waals surface area contributed by atoms with E-state index in [4.69, 9.17) is 0 Å². The summed E-state index contributed by atoms with van der Waals surface area (Å²) in [5.74, 6) is 0.851. The summed E-state index contributed by atoms with van der Waals surface area (Å²) in [6, 6.07) is 5.10. The lowest BCUT2D eigenvalue weighted by Crippen LogP contribution is -2.34. The minimum absolute atomic E-state index is 0.0277. The van der Waals surface area contributed by atoms with Crippen LogP contribution in [-0.2, 0) is 6.54 Å². The summed E-state index contributed by atoms with van der Waals surface area (Å²) in [5.41, 5.74) is 1.47. The van der Waals surface area contributed by atoms with Gasteiger partial charge in [-0.1, -0.05) is 13.8 Å².